The van der Waals surface area contributed by atoms with Gasteiger partial charge < -0.3 is 14.9 Å². The molecule has 0 aliphatic heterocycles. The second-order valence-corrected chi connectivity index (χ2v) is 6.57. The van der Waals surface area contributed by atoms with Gasteiger partial charge in [0.05, 0.1) is 12.3 Å². The van der Waals surface area contributed by atoms with Gasteiger partial charge in [0.2, 0.25) is 0 Å². The first kappa shape index (κ1) is 19.1. The molecule has 0 unspecified atom stereocenters. The molecule has 0 atom stereocenters. The van der Waals surface area contributed by atoms with E-state index in [9.17, 15) is 9.90 Å². The van der Waals surface area contributed by atoms with Crippen LogP contribution in [0.3, 0.4) is 0 Å². The zero-order valence-electron chi connectivity index (χ0n) is 15.5. The lowest BCUT2D eigenvalue weighted by atomic mass is 10.0. The van der Waals surface area contributed by atoms with Gasteiger partial charge >= 0.3 is 0 Å². The summed E-state index contributed by atoms with van der Waals surface area (Å²) in [5.74, 6) is -0.0675. The molecule has 1 amide bonds. The summed E-state index contributed by atoms with van der Waals surface area (Å²) < 4.78 is 0. The van der Waals surface area contributed by atoms with Crippen LogP contribution in [0.25, 0.3) is 11.3 Å². The van der Waals surface area contributed by atoms with Crippen LogP contribution in [0.2, 0.25) is 0 Å². The van der Waals surface area contributed by atoms with Crippen LogP contribution in [0.1, 0.15) is 21.6 Å². The largest absolute Gasteiger partial charge is 0.395 e. The van der Waals surface area contributed by atoms with E-state index in [-0.39, 0.29) is 12.5 Å². The van der Waals surface area contributed by atoms with Crippen LogP contribution in [-0.4, -0.2) is 66.1 Å². The van der Waals surface area contributed by atoms with Crippen LogP contribution in [0.4, 0.5) is 0 Å². The molecule has 0 aliphatic carbocycles. The summed E-state index contributed by atoms with van der Waals surface area (Å²) in [7, 11) is 3.93. The first-order valence-electron chi connectivity index (χ1n) is 8.51. The van der Waals surface area contributed by atoms with Gasteiger partial charge in [-0.2, -0.15) is 0 Å². The van der Waals surface area contributed by atoms with Crippen LogP contribution in [0, 0.1) is 13.8 Å². The molecule has 0 saturated carbocycles. The topological polar surface area (TPSA) is 56.7 Å². The average molecular weight is 341 g/mol. The molecule has 0 saturated heterocycles. The molecule has 2 rings (SSSR count). The molecular weight excluding hydrogens is 314 g/mol. The molecule has 25 heavy (non-hydrogen) atoms. The zero-order valence-corrected chi connectivity index (χ0v) is 15.5. The number of hydrogen-bond acceptors (Lipinski definition) is 4. The molecule has 1 heterocycles. The molecule has 0 radical (unpaired) electrons. The van der Waals surface area contributed by atoms with Gasteiger partial charge in [-0.25, -0.2) is 0 Å². The van der Waals surface area contributed by atoms with Crippen LogP contribution >= 0.6 is 0 Å². The highest BCUT2D eigenvalue weighted by Gasteiger charge is 2.16. The minimum absolute atomic E-state index is 0.0442. The fourth-order valence-corrected chi connectivity index (χ4v) is 2.74. The van der Waals surface area contributed by atoms with Crippen molar-refractivity contribution in [3.63, 3.8) is 0 Å². The fourth-order valence-electron chi connectivity index (χ4n) is 2.74. The summed E-state index contributed by atoms with van der Waals surface area (Å²) in [5.41, 5.74) is 4.51. The number of benzene rings is 1. The maximum Gasteiger partial charge on any atom is 0.253 e. The monoisotopic (exact) mass is 341 g/mol. The van der Waals surface area contributed by atoms with Gasteiger partial charge in [-0.1, -0.05) is 12.1 Å². The van der Waals surface area contributed by atoms with Gasteiger partial charge in [-0.05, 0) is 57.8 Å². The molecule has 0 fully saturated rings. The number of likely N-dealkylation sites (N-methyl/N-ethyl adjacent to an activating group) is 1. The summed E-state index contributed by atoms with van der Waals surface area (Å²) in [6, 6.07) is 11.6. The van der Waals surface area contributed by atoms with Crippen molar-refractivity contribution < 1.29 is 9.90 Å². The molecule has 2 aromatic rings. The maximum atomic E-state index is 12.8. The first-order valence-corrected chi connectivity index (χ1v) is 8.51. The Morgan fingerprint density at radius 1 is 1.08 bits per heavy atom. The number of amides is 1. The summed E-state index contributed by atoms with van der Waals surface area (Å²) in [6.07, 6.45) is 0. The lowest BCUT2D eigenvalue weighted by molar-refractivity contribution is 0.0710. The number of aryl methyl sites for hydroxylation is 2. The number of hydrogen-bond donors (Lipinski definition) is 1. The Morgan fingerprint density at radius 3 is 2.48 bits per heavy atom. The Balaban J connectivity index is 2.27. The summed E-state index contributed by atoms with van der Waals surface area (Å²) in [4.78, 5) is 21.1. The second kappa shape index (κ2) is 8.74. The minimum Gasteiger partial charge on any atom is -0.395 e. The van der Waals surface area contributed by atoms with Crippen molar-refractivity contribution >= 4 is 5.91 Å². The third kappa shape index (κ3) is 5.37. The van der Waals surface area contributed by atoms with E-state index >= 15 is 0 Å². The van der Waals surface area contributed by atoms with E-state index in [1.807, 2.05) is 69.2 Å². The van der Waals surface area contributed by atoms with E-state index in [1.165, 1.54) is 0 Å². The standard InChI is InChI=1S/C20H27N3O2/c1-15-12-16(2)21-19(13-15)17-6-5-7-18(14-17)20(25)23(10-11-24)9-8-22(3)4/h5-7,12-14,24H,8-11H2,1-4H3. The van der Waals surface area contributed by atoms with Gasteiger partial charge in [0.25, 0.3) is 5.91 Å². The lowest BCUT2D eigenvalue weighted by Crippen LogP contribution is -2.38. The van der Waals surface area contributed by atoms with Crippen LogP contribution < -0.4 is 0 Å². The van der Waals surface area contributed by atoms with E-state index in [0.717, 1.165) is 29.1 Å². The molecule has 0 bridgehead atoms. The van der Waals surface area contributed by atoms with Crippen molar-refractivity contribution in [3.8, 4) is 11.3 Å². The van der Waals surface area contributed by atoms with Crippen LogP contribution in [-0.2, 0) is 0 Å². The van der Waals surface area contributed by atoms with Gasteiger partial charge in [0.1, 0.15) is 0 Å². The number of aliphatic hydroxyl groups excluding tert-OH is 1. The molecular formula is C20H27N3O2. The minimum atomic E-state index is -0.0675. The quantitative estimate of drug-likeness (QED) is 0.840. The summed E-state index contributed by atoms with van der Waals surface area (Å²) in [6.45, 7) is 5.63. The number of aliphatic hydroxyl groups is 1. The third-order valence-corrected chi connectivity index (χ3v) is 3.98. The number of nitrogens with zero attached hydrogens (tertiary/aromatic N) is 3. The Morgan fingerprint density at radius 2 is 1.84 bits per heavy atom. The molecule has 1 aromatic carbocycles. The maximum absolute atomic E-state index is 12.8. The van der Waals surface area contributed by atoms with Gasteiger partial charge in [-0.3, -0.25) is 9.78 Å². The highest BCUT2D eigenvalue weighted by Crippen LogP contribution is 2.21. The Kier molecular flexibility index (Phi) is 6.67. The highest BCUT2D eigenvalue weighted by molar-refractivity contribution is 5.95. The Hall–Kier alpha value is -2.24. The van der Waals surface area contributed by atoms with Crippen molar-refractivity contribution in [1.29, 1.82) is 0 Å². The van der Waals surface area contributed by atoms with Crippen molar-refractivity contribution in [1.82, 2.24) is 14.8 Å². The number of pyridine rings is 1. The number of carbonyl (C=O) groups is 1. The van der Waals surface area contributed by atoms with E-state index in [1.54, 1.807) is 4.90 Å². The lowest BCUT2D eigenvalue weighted by Gasteiger charge is -2.24. The second-order valence-electron chi connectivity index (χ2n) is 6.57. The van der Waals surface area contributed by atoms with Crippen molar-refractivity contribution in [2.45, 2.75) is 13.8 Å². The predicted molar refractivity (Wildman–Crippen MR) is 101 cm³/mol. The van der Waals surface area contributed by atoms with Crippen molar-refractivity contribution in [3.05, 3.63) is 53.2 Å². The first-order chi connectivity index (χ1) is 11.9. The molecule has 1 aromatic heterocycles. The molecule has 0 spiro atoms. The smallest absolute Gasteiger partial charge is 0.253 e. The molecule has 5 nitrogen and oxygen atoms in total. The Bertz CT molecular complexity index is 708. The van der Waals surface area contributed by atoms with Gasteiger partial charge in [0.15, 0.2) is 0 Å². The normalized spacial score (nSPS) is 11.0. The SMILES string of the molecule is Cc1cc(C)nc(-c2cccc(C(=O)N(CCO)CCN(C)C)c2)c1. The van der Waals surface area contributed by atoms with E-state index in [2.05, 4.69) is 4.98 Å². The van der Waals surface area contributed by atoms with Crippen molar-refractivity contribution in [2.75, 3.05) is 40.3 Å². The van der Waals surface area contributed by atoms with Gasteiger partial charge in [-0.15, -0.1) is 0 Å². The zero-order chi connectivity index (χ0) is 18.4. The molecule has 5 heteroatoms. The van der Waals surface area contributed by atoms with Gasteiger partial charge in [0, 0.05) is 36.5 Å². The number of aromatic nitrogens is 1. The number of carbonyl (C=O) groups excluding carboxylic acids is 1. The highest BCUT2D eigenvalue weighted by atomic mass is 16.3. The number of rotatable bonds is 7. The van der Waals surface area contributed by atoms with Crippen LogP contribution in [0.5, 0.6) is 0 Å². The van der Waals surface area contributed by atoms with E-state index in [4.69, 9.17) is 0 Å². The van der Waals surface area contributed by atoms with E-state index < -0.39 is 0 Å². The van der Waals surface area contributed by atoms with Crippen LogP contribution in [0.15, 0.2) is 36.4 Å². The average Bonchev–Trinajstić information content (AvgIpc) is 2.57. The predicted octanol–water partition coefficient (Wildman–Crippen LogP) is 2.36. The molecule has 0 aliphatic rings. The molecule has 134 valence electrons. The summed E-state index contributed by atoms with van der Waals surface area (Å²) >= 11 is 0. The van der Waals surface area contributed by atoms with Crippen molar-refractivity contribution in [2.24, 2.45) is 0 Å². The third-order valence-electron chi connectivity index (χ3n) is 3.98. The molecule has 1 N–H and O–H groups in total. The Labute approximate surface area is 149 Å². The van der Waals surface area contributed by atoms with E-state index in [0.29, 0.717) is 18.7 Å². The summed E-state index contributed by atoms with van der Waals surface area (Å²) in [5, 5.41) is 9.27. The fraction of sp³-hybridized carbons (Fsp3) is 0.400.